The largest absolute Gasteiger partial charge is 0.375 e. The number of rotatable bonds is 4. The standard InChI is InChI=1S/C17H23N3O/c1-14-18-11-16(19(14)2)12-20-8-9-21-17(13-20)10-15-6-4-3-5-7-15/h3-7,11,17H,8-10,12-13H2,1-2H3/t17-/m0/s1. The van der Waals surface area contributed by atoms with Crippen LogP contribution < -0.4 is 0 Å². The van der Waals surface area contributed by atoms with Gasteiger partial charge in [-0.05, 0) is 18.9 Å². The van der Waals surface area contributed by atoms with E-state index in [1.165, 1.54) is 11.3 Å². The van der Waals surface area contributed by atoms with E-state index in [4.69, 9.17) is 4.74 Å². The molecule has 0 amide bonds. The van der Waals surface area contributed by atoms with Gasteiger partial charge < -0.3 is 9.30 Å². The monoisotopic (exact) mass is 285 g/mol. The van der Waals surface area contributed by atoms with E-state index in [9.17, 15) is 0 Å². The highest BCUT2D eigenvalue weighted by molar-refractivity contribution is 5.15. The van der Waals surface area contributed by atoms with Gasteiger partial charge in [-0.15, -0.1) is 0 Å². The van der Waals surface area contributed by atoms with Crippen molar-refractivity contribution >= 4 is 0 Å². The van der Waals surface area contributed by atoms with Gasteiger partial charge >= 0.3 is 0 Å². The Morgan fingerprint density at radius 2 is 2.10 bits per heavy atom. The predicted molar refractivity (Wildman–Crippen MR) is 83.1 cm³/mol. The molecule has 112 valence electrons. The fourth-order valence-electron chi connectivity index (χ4n) is 2.85. The summed E-state index contributed by atoms with van der Waals surface area (Å²) in [5, 5.41) is 0. The van der Waals surface area contributed by atoms with Gasteiger partial charge in [0.15, 0.2) is 0 Å². The molecule has 0 unspecified atom stereocenters. The van der Waals surface area contributed by atoms with E-state index < -0.39 is 0 Å². The number of imidazole rings is 1. The van der Waals surface area contributed by atoms with E-state index >= 15 is 0 Å². The Balaban J connectivity index is 1.59. The molecule has 1 fully saturated rings. The Morgan fingerprint density at radius 3 is 2.81 bits per heavy atom. The minimum atomic E-state index is 0.287. The fraction of sp³-hybridized carbons (Fsp3) is 0.471. The second kappa shape index (κ2) is 6.41. The molecule has 0 spiro atoms. The number of nitrogens with zero attached hydrogens (tertiary/aromatic N) is 3. The molecule has 1 aliphatic heterocycles. The van der Waals surface area contributed by atoms with Crippen LogP contribution in [0.2, 0.25) is 0 Å². The van der Waals surface area contributed by atoms with Crippen molar-refractivity contribution < 1.29 is 4.74 Å². The number of aryl methyl sites for hydroxylation is 1. The topological polar surface area (TPSA) is 30.3 Å². The molecular formula is C17H23N3O. The maximum absolute atomic E-state index is 5.92. The van der Waals surface area contributed by atoms with Gasteiger partial charge in [0.25, 0.3) is 0 Å². The molecule has 1 atom stereocenters. The third-order valence-corrected chi connectivity index (χ3v) is 4.23. The molecule has 2 heterocycles. The van der Waals surface area contributed by atoms with Crippen LogP contribution >= 0.6 is 0 Å². The quantitative estimate of drug-likeness (QED) is 0.862. The van der Waals surface area contributed by atoms with Crippen molar-refractivity contribution in [2.24, 2.45) is 7.05 Å². The lowest BCUT2D eigenvalue weighted by Gasteiger charge is -2.33. The second-order valence-electron chi connectivity index (χ2n) is 5.77. The van der Waals surface area contributed by atoms with Crippen molar-refractivity contribution in [2.75, 3.05) is 19.7 Å². The molecule has 1 aliphatic rings. The maximum atomic E-state index is 5.92. The summed E-state index contributed by atoms with van der Waals surface area (Å²) in [6.07, 6.45) is 3.26. The summed E-state index contributed by atoms with van der Waals surface area (Å²) in [7, 11) is 2.08. The van der Waals surface area contributed by atoms with Gasteiger partial charge in [0.05, 0.1) is 18.4 Å². The minimum Gasteiger partial charge on any atom is -0.375 e. The lowest BCUT2D eigenvalue weighted by Crippen LogP contribution is -2.43. The number of hydrogen-bond donors (Lipinski definition) is 0. The van der Waals surface area contributed by atoms with Crippen molar-refractivity contribution in [1.82, 2.24) is 14.5 Å². The molecule has 21 heavy (non-hydrogen) atoms. The Bertz CT molecular complexity index is 579. The zero-order valence-corrected chi connectivity index (χ0v) is 12.8. The molecule has 1 aromatic heterocycles. The number of morpholine rings is 1. The summed E-state index contributed by atoms with van der Waals surface area (Å²) in [5.74, 6) is 1.07. The third-order valence-electron chi connectivity index (χ3n) is 4.23. The van der Waals surface area contributed by atoms with Crippen LogP contribution in [0.1, 0.15) is 17.1 Å². The first-order chi connectivity index (χ1) is 10.2. The highest BCUT2D eigenvalue weighted by Crippen LogP contribution is 2.14. The molecule has 0 saturated carbocycles. The lowest BCUT2D eigenvalue weighted by atomic mass is 10.1. The smallest absolute Gasteiger partial charge is 0.105 e. The highest BCUT2D eigenvalue weighted by Gasteiger charge is 2.21. The van der Waals surface area contributed by atoms with Gasteiger partial charge in [0.2, 0.25) is 0 Å². The molecular weight excluding hydrogens is 262 g/mol. The number of benzene rings is 1. The van der Waals surface area contributed by atoms with E-state index in [-0.39, 0.29) is 6.10 Å². The SMILES string of the molecule is Cc1ncc(CN2CCO[C@@H](Cc3ccccc3)C2)n1C. The van der Waals surface area contributed by atoms with Gasteiger partial charge in [-0.1, -0.05) is 30.3 Å². The molecule has 2 aromatic rings. The van der Waals surface area contributed by atoms with E-state index in [0.29, 0.717) is 0 Å². The van der Waals surface area contributed by atoms with Crippen LogP contribution in [0, 0.1) is 6.92 Å². The summed E-state index contributed by atoms with van der Waals surface area (Å²) in [4.78, 5) is 6.84. The minimum absolute atomic E-state index is 0.287. The van der Waals surface area contributed by atoms with Crippen LogP contribution in [0.3, 0.4) is 0 Å². The van der Waals surface area contributed by atoms with Crippen molar-refractivity contribution in [3.63, 3.8) is 0 Å². The summed E-state index contributed by atoms with van der Waals surface area (Å²) in [5.41, 5.74) is 2.62. The molecule has 0 radical (unpaired) electrons. The van der Waals surface area contributed by atoms with Crippen LogP contribution in [0.15, 0.2) is 36.5 Å². The van der Waals surface area contributed by atoms with E-state index in [1.807, 2.05) is 13.1 Å². The average Bonchev–Trinajstić information content (AvgIpc) is 2.81. The fourth-order valence-corrected chi connectivity index (χ4v) is 2.85. The normalized spacial score (nSPS) is 19.8. The van der Waals surface area contributed by atoms with E-state index in [1.54, 1.807) is 0 Å². The van der Waals surface area contributed by atoms with E-state index in [0.717, 1.165) is 38.5 Å². The highest BCUT2D eigenvalue weighted by atomic mass is 16.5. The van der Waals surface area contributed by atoms with Gasteiger partial charge in [-0.2, -0.15) is 0 Å². The Hall–Kier alpha value is -1.65. The first-order valence-corrected chi connectivity index (χ1v) is 7.57. The van der Waals surface area contributed by atoms with Gasteiger partial charge in [0.1, 0.15) is 5.82 Å². The van der Waals surface area contributed by atoms with Gasteiger partial charge in [-0.25, -0.2) is 4.98 Å². The van der Waals surface area contributed by atoms with Crippen molar-refractivity contribution in [2.45, 2.75) is 26.0 Å². The number of hydrogen-bond acceptors (Lipinski definition) is 3. The summed E-state index contributed by atoms with van der Waals surface area (Å²) in [6.45, 7) is 5.79. The lowest BCUT2D eigenvalue weighted by molar-refractivity contribution is -0.0310. The molecule has 1 saturated heterocycles. The summed E-state index contributed by atoms with van der Waals surface area (Å²) in [6, 6.07) is 10.6. The molecule has 0 aliphatic carbocycles. The van der Waals surface area contributed by atoms with Crippen molar-refractivity contribution in [3.05, 3.63) is 53.6 Å². The van der Waals surface area contributed by atoms with Crippen LogP contribution in [0.25, 0.3) is 0 Å². The summed E-state index contributed by atoms with van der Waals surface area (Å²) >= 11 is 0. The molecule has 0 bridgehead atoms. The van der Waals surface area contributed by atoms with Crippen LogP contribution in [-0.4, -0.2) is 40.3 Å². The number of aromatic nitrogens is 2. The summed E-state index contributed by atoms with van der Waals surface area (Å²) < 4.78 is 8.09. The maximum Gasteiger partial charge on any atom is 0.105 e. The molecule has 0 N–H and O–H groups in total. The Labute approximate surface area is 126 Å². The van der Waals surface area contributed by atoms with Gasteiger partial charge in [0, 0.05) is 32.9 Å². The second-order valence-corrected chi connectivity index (χ2v) is 5.77. The van der Waals surface area contributed by atoms with Crippen molar-refractivity contribution in [1.29, 1.82) is 0 Å². The number of ether oxygens (including phenoxy) is 1. The first kappa shape index (κ1) is 14.3. The molecule has 3 rings (SSSR count). The van der Waals surface area contributed by atoms with E-state index in [2.05, 4.69) is 51.8 Å². The zero-order valence-electron chi connectivity index (χ0n) is 12.8. The third kappa shape index (κ3) is 3.52. The first-order valence-electron chi connectivity index (χ1n) is 7.57. The van der Waals surface area contributed by atoms with Crippen molar-refractivity contribution in [3.8, 4) is 0 Å². The molecule has 4 nitrogen and oxygen atoms in total. The zero-order chi connectivity index (χ0) is 14.7. The Kier molecular flexibility index (Phi) is 4.36. The van der Waals surface area contributed by atoms with Crippen LogP contribution in [-0.2, 0) is 24.8 Å². The van der Waals surface area contributed by atoms with Crippen LogP contribution in [0.5, 0.6) is 0 Å². The van der Waals surface area contributed by atoms with Gasteiger partial charge in [-0.3, -0.25) is 4.90 Å². The average molecular weight is 285 g/mol. The Morgan fingerprint density at radius 1 is 1.29 bits per heavy atom. The molecule has 4 heteroatoms. The molecule has 1 aromatic carbocycles. The predicted octanol–water partition coefficient (Wildman–Crippen LogP) is 2.17. The van der Waals surface area contributed by atoms with Crippen LogP contribution in [0.4, 0.5) is 0 Å².